The Kier molecular flexibility index (Phi) is 5.69. The van der Waals surface area contributed by atoms with Crippen molar-refractivity contribution in [2.75, 3.05) is 0 Å². The van der Waals surface area contributed by atoms with Gasteiger partial charge in [-0.2, -0.15) is 0 Å². The maximum Gasteiger partial charge on any atom is 0.158 e. The number of Topliss-reactive ketones (excluding diaryl/α,β-unsaturated/α-hetero) is 1. The molecule has 0 aromatic rings. The number of ketones is 1. The molecule has 0 bridgehead atoms. The minimum absolute atomic E-state index is 0.328. The molecule has 0 unspecified atom stereocenters. The lowest BCUT2D eigenvalue weighted by molar-refractivity contribution is -0.115. The molecular formula is C11H20O. The van der Waals surface area contributed by atoms with Crippen molar-refractivity contribution in [1.29, 1.82) is 0 Å². The van der Waals surface area contributed by atoms with Crippen LogP contribution in [0.5, 0.6) is 0 Å². The van der Waals surface area contributed by atoms with Crippen LogP contribution in [0, 0.1) is 5.92 Å². The van der Waals surface area contributed by atoms with Crippen LogP contribution in [-0.4, -0.2) is 5.78 Å². The number of allylic oxidation sites excluding steroid dienone is 2. The van der Waals surface area contributed by atoms with Crippen molar-refractivity contribution in [2.24, 2.45) is 5.92 Å². The van der Waals surface area contributed by atoms with E-state index in [4.69, 9.17) is 0 Å². The Morgan fingerprint density at radius 3 is 2.33 bits per heavy atom. The van der Waals surface area contributed by atoms with Gasteiger partial charge in [0.1, 0.15) is 0 Å². The number of hydrogen-bond acceptors (Lipinski definition) is 1. The van der Waals surface area contributed by atoms with Gasteiger partial charge in [0.25, 0.3) is 0 Å². The minimum Gasteiger partial charge on any atom is -0.295 e. The molecule has 12 heavy (non-hydrogen) atoms. The molecule has 0 heterocycles. The zero-order valence-electron chi connectivity index (χ0n) is 8.68. The second-order valence-corrected chi connectivity index (χ2v) is 3.52. The van der Waals surface area contributed by atoms with Crippen LogP contribution >= 0.6 is 0 Å². The summed E-state index contributed by atoms with van der Waals surface area (Å²) < 4.78 is 0. The first-order chi connectivity index (χ1) is 5.61. The Balaban J connectivity index is 3.87. The highest BCUT2D eigenvalue weighted by Crippen LogP contribution is 2.10. The third-order valence-corrected chi connectivity index (χ3v) is 2.04. The number of carbonyl (C=O) groups is 1. The van der Waals surface area contributed by atoms with Crippen molar-refractivity contribution >= 4 is 5.78 Å². The van der Waals surface area contributed by atoms with Crippen LogP contribution in [0.2, 0.25) is 0 Å². The Morgan fingerprint density at radius 1 is 1.42 bits per heavy atom. The summed E-state index contributed by atoms with van der Waals surface area (Å²) in [5.41, 5.74) is 0.982. The van der Waals surface area contributed by atoms with Crippen LogP contribution < -0.4 is 0 Å². The highest BCUT2D eigenvalue weighted by atomic mass is 16.1. The summed E-state index contributed by atoms with van der Waals surface area (Å²) in [4.78, 5) is 11.4. The number of carbonyl (C=O) groups excluding carboxylic acids is 1. The highest BCUT2D eigenvalue weighted by molar-refractivity contribution is 5.95. The van der Waals surface area contributed by atoms with Crippen LogP contribution in [0.25, 0.3) is 0 Å². The van der Waals surface area contributed by atoms with Crippen molar-refractivity contribution in [1.82, 2.24) is 0 Å². The average molecular weight is 168 g/mol. The molecule has 1 heteroatoms. The van der Waals surface area contributed by atoms with Gasteiger partial charge in [-0.3, -0.25) is 4.79 Å². The van der Waals surface area contributed by atoms with Crippen molar-refractivity contribution in [2.45, 2.75) is 47.0 Å². The van der Waals surface area contributed by atoms with Gasteiger partial charge in [-0.15, -0.1) is 0 Å². The zero-order valence-corrected chi connectivity index (χ0v) is 8.68. The fourth-order valence-electron chi connectivity index (χ4n) is 1.14. The van der Waals surface area contributed by atoms with Gasteiger partial charge >= 0.3 is 0 Å². The first-order valence-electron chi connectivity index (χ1n) is 4.80. The van der Waals surface area contributed by atoms with E-state index in [9.17, 15) is 4.79 Å². The Morgan fingerprint density at radius 2 is 2.00 bits per heavy atom. The highest BCUT2D eigenvalue weighted by Gasteiger charge is 2.06. The van der Waals surface area contributed by atoms with Gasteiger partial charge in [-0.25, -0.2) is 0 Å². The molecule has 0 aliphatic heterocycles. The molecule has 0 aromatic carbocycles. The summed E-state index contributed by atoms with van der Waals surface area (Å²) in [6, 6.07) is 0. The van der Waals surface area contributed by atoms with Gasteiger partial charge in [0, 0.05) is 6.42 Å². The fourth-order valence-corrected chi connectivity index (χ4v) is 1.14. The average Bonchev–Trinajstić information content (AvgIpc) is 2.03. The van der Waals surface area contributed by atoms with E-state index in [2.05, 4.69) is 13.8 Å². The molecule has 0 atom stereocenters. The molecule has 0 fully saturated rings. The van der Waals surface area contributed by atoms with Crippen LogP contribution in [0.1, 0.15) is 47.0 Å². The van der Waals surface area contributed by atoms with Crippen molar-refractivity contribution in [3.8, 4) is 0 Å². The Hall–Kier alpha value is -0.590. The van der Waals surface area contributed by atoms with E-state index in [-0.39, 0.29) is 0 Å². The van der Waals surface area contributed by atoms with Gasteiger partial charge in [0.05, 0.1) is 0 Å². The number of hydrogen-bond donors (Lipinski definition) is 0. The molecule has 0 aromatic heterocycles. The lowest BCUT2D eigenvalue weighted by Gasteiger charge is -2.04. The topological polar surface area (TPSA) is 17.1 Å². The molecule has 0 amide bonds. The maximum absolute atomic E-state index is 11.4. The Bertz CT molecular complexity index is 166. The molecule has 0 radical (unpaired) electrons. The van der Waals surface area contributed by atoms with Crippen molar-refractivity contribution in [3.63, 3.8) is 0 Å². The summed E-state index contributed by atoms with van der Waals surface area (Å²) in [6.07, 6.45) is 4.53. The van der Waals surface area contributed by atoms with Gasteiger partial charge in [-0.05, 0) is 31.3 Å². The van der Waals surface area contributed by atoms with E-state index < -0.39 is 0 Å². The third-order valence-electron chi connectivity index (χ3n) is 2.04. The summed E-state index contributed by atoms with van der Waals surface area (Å²) in [7, 11) is 0. The third kappa shape index (κ3) is 4.32. The van der Waals surface area contributed by atoms with E-state index in [1.165, 1.54) is 0 Å². The van der Waals surface area contributed by atoms with E-state index in [0.29, 0.717) is 18.1 Å². The molecule has 0 saturated carbocycles. The summed E-state index contributed by atoms with van der Waals surface area (Å²) in [6.45, 7) is 8.26. The van der Waals surface area contributed by atoms with Crippen molar-refractivity contribution in [3.05, 3.63) is 11.6 Å². The van der Waals surface area contributed by atoms with Crippen LogP contribution in [0.4, 0.5) is 0 Å². The van der Waals surface area contributed by atoms with Gasteiger partial charge in [0.2, 0.25) is 0 Å². The molecule has 1 nitrogen and oxygen atoms in total. The first-order valence-corrected chi connectivity index (χ1v) is 4.80. The summed E-state index contributed by atoms with van der Waals surface area (Å²) >= 11 is 0. The quantitative estimate of drug-likeness (QED) is 0.575. The Labute approximate surface area is 75.9 Å². The smallest absolute Gasteiger partial charge is 0.158 e. The predicted octanol–water partition coefficient (Wildman–Crippen LogP) is 3.35. The van der Waals surface area contributed by atoms with Crippen LogP contribution in [0.3, 0.4) is 0 Å². The molecule has 0 N–H and O–H groups in total. The SMILES string of the molecule is CC=C(CC)C(=O)CCC(C)C. The van der Waals surface area contributed by atoms with E-state index >= 15 is 0 Å². The second-order valence-electron chi connectivity index (χ2n) is 3.52. The minimum atomic E-state index is 0.328. The lowest BCUT2D eigenvalue weighted by Crippen LogP contribution is -2.03. The van der Waals surface area contributed by atoms with Crippen molar-refractivity contribution < 1.29 is 4.79 Å². The predicted molar refractivity (Wildman–Crippen MR) is 53.1 cm³/mol. The van der Waals surface area contributed by atoms with Gasteiger partial charge in [-0.1, -0.05) is 26.8 Å². The molecule has 0 saturated heterocycles. The molecular weight excluding hydrogens is 148 g/mol. The molecule has 0 spiro atoms. The fraction of sp³-hybridized carbons (Fsp3) is 0.727. The van der Waals surface area contributed by atoms with Gasteiger partial charge < -0.3 is 0 Å². The number of rotatable bonds is 5. The van der Waals surface area contributed by atoms with E-state index in [1.54, 1.807) is 0 Å². The summed E-state index contributed by atoms with van der Waals surface area (Å²) in [5, 5.41) is 0. The molecule has 70 valence electrons. The first kappa shape index (κ1) is 11.4. The van der Waals surface area contributed by atoms with Crippen LogP contribution in [-0.2, 0) is 4.79 Å². The van der Waals surface area contributed by atoms with E-state index in [1.807, 2.05) is 19.9 Å². The largest absolute Gasteiger partial charge is 0.295 e. The van der Waals surface area contributed by atoms with Crippen LogP contribution in [0.15, 0.2) is 11.6 Å². The second kappa shape index (κ2) is 5.99. The lowest BCUT2D eigenvalue weighted by atomic mass is 10.00. The molecule has 0 rings (SSSR count). The summed E-state index contributed by atoms with van der Waals surface area (Å²) in [5.74, 6) is 0.956. The van der Waals surface area contributed by atoms with E-state index in [0.717, 1.165) is 18.4 Å². The molecule has 0 aliphatic carbocycles. The monoisotopic (exact) mass is 168 g/mol. The zero-order chi connectivity index (χ0) is 9.56. The molecule has 0 aliphatic rings. The maximum atomic E-state index is 11.4. The normalized spacial score (nSPS) is 12.2. The standard InChI is InChI=1S/C11H20O/c1-5-10(6-2)11(12)8-7-9(3)4/h5,9H,6-8H2,1-4H3. The van der Waals surface area contributed by atoms with Gasteiger partial charge in [0.15, 0.2) is 5.78 Å².